The zero-order valence-electron chi connectivity index (χ0n) is 11.1. The molecule has 2 aliphatic rings. The Morgan fingerprint density at radius 3 is 2.75 bits per heavy atom. The van der Waals surface area contributed by atoms with Crippen molar-refractivity contribution >= 4 is 0 Å². The van der Waals surface area contributed by atoms with Gasteiger partial charge in [-0.15, -0.1) is 0 Å². The second kappa shape index (κ2) is 5.48. The molecule has 0 aromatic carbocycles. The number of rotatable bonds is 2. The molecular formula is C13H27N3. The third kappa shape index (κ3) is 3.19. The highest BCUT2D eigenvalue weighted by Crippen LogP contribution is 2.19. The molecule has 1 N–H and O–H groups in total. The number of piperidine rings is 1. The van der Waals surface area contributed by atoms with Crippen LogP contribution in [0.15, 0.2) is 0 Å². The van der Waals surface area contributed by atoms with Crippen LogP contribution in [-0.4, -0.2) is 61.7 Å². The number of hydrogen-bond donors (Lipinski definition) is 1. The van der Waals surface area contributed by atoms with E-state index in [1.54, 1.807) is 0 Å². The van der Waals surface area contributed by atoms with Crippen LogP contribution in [0.5, 0.6) is 0 Å². The summed E-state index contributed by atoms with van der Waals surface area (Å²) in [5.74, 6) is 0.919. The second-order valence-corrected chi connectivity index (χ2v) is 5.85. The summed E-state index contributed by atoms with van der Waals surface area (Å²) >= 11 is 0. The lowest BCUT2D eigenvalue weighted by atomic mass is 9.92. The van der Waals surface area contributed by atoms with Crippen LogP contribution in [0.4, 0.5) is 0 Å². The first kappa shape index (κ1) is 12.3. The minimum absolute atomic E-state index is 0.724. The molecule has 3 atom stereocenters. The zero-order valence-corrected chi connectivity index (χ0v) is 11.1. The maximum Gasteiger partial charge on any atom is 0.0195 e. The maximum absolute atomic E-state index is 3.54. The van der Waals surface area contributed by atoms with E-state index >= 15 is 0 Å². The number of hydrogen-bond acceptors (Lipinski definition) is 3. The van der Waals surface area contributed by atoms with Crippen molar-refractivity contribution in [3.8, 4) is 0 Å². The third-order valence-electron chi connectivity index (χ3n) is 4.19. The highest BCUT2D eigenvalue weighted by Gasteiger charge is 2.26. The standard InChI is InChI=1S/C13H27N3/c1-11-8-13(4-5-14-11)10-16-7-6-15(3)9-12(16)2/h11-14H,4-10H2,1-3H3. The molecule has 2 rings (SSSR count). The number of likely N-dealkylation sites (N-methyl/N-ethyl adjacent to an activating group) is 1. The number of nitrogens with one attached hydrogen (secondary N) is 1. The molecule has 0 spiro atoms. The van der Waals surface area contributed by atoms with Gasteiger partial charge in [0.15, 0.2) is 0 Å². The van der Waals surface area contributed by atoms with Crippen molar-refractivity contribution in [1.29, 1.82) is 0 Å². The highest BCUT2D eigenvalue weighted by molar-refractivity contribution is 4.82. The normalized spacial score (nSPS) is 38.8. The summed E-state index contributed by atoms with van der Waals surface area (Å²) in [4.78, 5) is 5.15. The van der Waals surface area contributed by atoms with E-state index in [4.69, 9.17) is 0 Å². The molecule has 0 aromatic rings. The molecule has 2 aliphatic heterocycles. The fraction of sp³-hybridized carbons (Fsp3) is 1.00. The van der Waals surface area contributed by atoms with E-state index in [9.17, 15) is 0 Å². The van der Waals surface area contributed by atoms with Gasteiger partial charge < -0.3 is 10.2 Å². The van der Waals surface area contributed by atoms with Crippen LogP contribution in [0.1, 0.15) is 26.7 Å². The Kier molecular flexibility index (Phi) is 4.22. The molecule has 2 fully saturated rings. The molecule has 3 heteroatoms. The van der Waals surface area contributed by atoms with Crippen molar-refractivity contribution in [2.75, 3.05) is 39.8 Å². The van der Waals surface area contributed by atoms with E-state index in [-0.39, 0.29) is 0 Å². The first-order valence-electron chi connectivity index (χ1n) is 6.81. The van der Waals surface area contributed by atoms with Gasteiger partial charge in [0.2, 0.25) is 0 Å². The van der Waals surface area contributed by atoms with Crippen LogP contribution in [0.25, 0.3) is 0 Å². The van der Waals surface area contributed by atoms with Crippen LogP contribution >= 0.6 is 0 Å². The summed E-state index contributed by atoms with van der Waals surface area (Å²) in [7, 11) is 2.24. The molecule has 0 amide bonds. The fourth-order valence-corrected chi connectivity index (χ4v) is 3.18. The molecule has 0 radical (unpaired) electrons. The van der Waals surface area contributed by atoms with Crippen LogP contribution in [0, 0.1) is 5.92 Å². The summed E-state index contributed by atoms with van der Waals surface area (Å²) in [5.41, 5.74) is 0. The van der Waals surface area contributed by atoms with Crippen molar-refractivity contribution in [2.24, 2.45) is 5.92 Å². The van der Waals surface area contributed by atoms with Gasteiger partial charge in [0.05, 0.1) is 0 Å². The monoisotopic (exact) mass is 225 g/mol. The van der Waals surface area contributed by atoms with Crippen molar-refractivity contribution < 1.29 is 0 Å². The quantitative estimate of drug-likeness (QED) is 0.757. The zero-order chi connectivity index (χ0) is 11.5. The molecule has 0 aromatic heterocycles. The van der Waals surface area contributed by atoms with E-state index in [2.05, 4.69) is 36.0 Å². The van der Waals surface area contributed by atoms with Gasteiger partial charge in [0.25, 0.3) is 0 Å². The predicted molar refractivity (Wildman–Crippen MR) is 68.7 cm³/mol. The molecular weight excluding hydrogens is 198 g/mol. The van der Waals surface area contributed by atoms with E-state index in [1.165, 1.54) is 45.6 Å². The van der Waals surface area contributed by atoms with Crippen LogP contribution in [-0.2, 0) is 0 Å². The van der Waals surface area contributed by atoms with Gasteiger partial charge in [0.1, 0.15) is 0 Å². The second-order valence-electron chi connectivity index (χ2n) is 5.85. The molecule has 3 unspecified atom stereocenters. The first-order valence-corrected chi connectivity index (χ1v) is 6.81. The predicted octanol–water partition coefficient (Wildman–Crippen LogP) is 1.01. The SMILES string of the molecule is CC1CC(CN2CCN(C)CC2C)CCN1. The summed E-state index contributed by atoms with van der Waals surface area (Å²) in [6.45, 7) is 11.0. The summed E-state index contributed by atoms with van der Waals surface area (Å²) in [6.07, 6.45) is 2.72. The van der Waals surface area contributed by atoms with Gasteiger partial charge in [-0.25, -0.2) is 0 Å². The molecule has 94 valence electrons. The van der Waals surface area contributed by atoms with E-state index in [0.29, 0.717) is 0 Å². The minimum atomic E-state index is 0.724. The summed E-state index contributed by atoms with van der Waals surface area (Å²) in [6, 6.07) is 1.46. The topological polar surface area (TPSA) is 18.5 Å². The summed E-state index contributed by atoms with van der Waals surface area (Å²) in [5, 5.41) is 3.54. The van der Waals surface area contributed by atoms with Gasteiger partial charge in [-0.1, -0.05) is 0 Å². The molecule has 0 bridgehead atoms. The minimum Gasteiger partial charge on any atom is -0.314 e. The Labute approximate surface area is 100 Å². The number of piperazine rings is 1. The van der Waals surface area contributed by atoms with Gasteiger partial charge in [-0.05, 0) is 46.2 Å². The lowest BCUT2D eigenvalue weighted by Crippen LogP contribution is -2.52. The lowest BCUT2D eigenvalue weighted by Gasteiger charge is -2.41. The van der Waals surface area contributed by atoms with Gasteiger partial charge in [0, 0.05) is 38.3 Å². The summed E-state index contributed by atoms with van der Waals surface area (Å²) < 4.78 is 0. The molecule has 2 saturated heterocycles. The van der Waals surface area contributed by atoms with E-state index in [1.807, 2.05) is 0 Å². The average Bonchev–Trinajstić information content (AvgIpc) is 2.22. The van der Waals surface area contributed by atoms with Crippen molar-refractivity contribution in [2.45, 2.75) is 38.8 Å². The van der Waals surface area contributed by atoms with Gasteiger partial charge in [-0.2, -0.15) is 0 Å². The van der Waals surface area contributed by atoms with E-state index < -0.39 is 0 Å². The molecule has 3 nitrogen and oxygen atoms in total. The fourth-order valence-electron chi connectivity index (χ4n) is 3.18. The molecule has 0 aliphatic carbocycles. The lowest BCUT2D eigenvalue weighted by molar-refractivity contribution is 0.0762. The molecule has 0 saturated carbocycles. The molecule has 2 heterocycles. The van der Waals surface area contributed by atoms with Crippen LogP contribution < -0.4 is 5.32 Å². The Morgan fingerprint density at radius 1 is 1.25 bits per heavy atom. The van der Waals surface area contributed by atoms with Gasteiger partial charge >= 0.3 is 0 Å². The van der Waals surface area contributed by atoms with Crippen molar-refractivity contribution in [3.05, 3.63) is 0 Å². The van der Waals surface area contributed by atoms with Crippen molar-refractivity contribution in [3.63, 3.8) is 0 Å². The maximum atomic E-state index is 3.54. The number of nitrogens with zero attached hydrogens (tertiary/aromatic N) is 2. The third-order valence-corrected chi connectivity index (χ3v) is 4.19. The Hall–Kier alpha value is -0.120. The highest BCUT2D eigenvalue weighted by atomic mass is 15.3. The average molecular weight is 225 g/mol. The van der Waals surface area contributed by atoms with Crippen LogP contribution in [0.3, 0.4) is 0 Å². The van der Waals surface area contributed by atoms with E-state index in [0.717, 1.165) is 18.0 Å². The largest absolute Gasteiger partial charge is 0.314 e. The Morgan fingerprint density at radius 2 is 2.06 bits per heavy atom. The van der Waals surface area contributed by atoms with Gasteiger partial charge in [-0.3, -0.25) is 4.90 Å². The smallest absolute Gasteiger partial charge is 0.0195 e. The van der Waals surface area contributed by atoms with Crippen LogP contribution in [0.2, 0.25) is 0 Å². The Balaban J connectivity index is 1.80. The Bertz CT molecular complexity index is 219. The molecule has 16 heavy (non-hydrogen) atoms. The first-order chi connectivity index (χ1) is 7.65. The van der Waals surface area contributed by atoms with Crippen molar-refractivity contribution in [1.82, 2.24) is 15.1 Å².